The van der Waals surface area contributed by atoms with E-state index in [0.717, 1.165) is 5.56 Å². The molecule has 0 saturated carbocycles. The molecule has 11 heteroatoms. The molecule has 11 nitrogen and oxygen atoms in total. The largest absolute Gasteiger partial charge is 0.493 e. The Labute approximate surface area is 265 Å². The minimum Gasteiger partial charge on any atom is -0.493 e. The Hall–Kier alpha value is -5.97. The van der Waals surface area contributed by atoms with Crippen LogP contribution in [0.3, 0.4) is 0 Å². The van der Waals surface area contributed by atoms with E-state index in [1.165, 1.54) is 28.3 Å². The molecule has 2 heterocycles. The van der Waals surface area contributed by atoms with Gasteiger partial charge in [0.15, 0.2) is 23.0 Å². The number of methoxy groups -OCH3 is 3. The lowest BCUT2D eigenvalue weighted by Gasteiger charge is -2.14. The van der Waals surface area contributed by atoms with Gasteiger partial charge in [0, 0.05) is 23.7 Å². The van der Waals surface area contributed by atoms with Crippen LogP contribution in [0.4, 0.5) is 5.69 Å². The van der Waals surface area contributed by atoms with E-state index in [9.17, 15) is 9.59 Å². The van der Waals surface area contributed by atoms with E-state index in [1.54, 1.807) is 47.1 Å². The number of nitrogens with zero attached hydrogens (tertiary/aromatic N) is 2. The Balaban J connectivity index is 1.46. The molecule has 1 aliphatic heterocycles. The van der Waals surface area contributed by atoms with E-state index in [4.69, 9.17) is 33.5 Å². The molecule has 5 aromatic rings. The van der Waals surface area contributed by atoms with Gasteiger partial charge in [-0.2, -0.15) is 9.78 Å². The molecule has 46 heavy (non-hydrogen) atoms. The van der Waals surface area contributed by atoms with Crippen LogP contribution in [-0.2, 0) is 4.79 Å². The summed E-state index contributed by atoms with van der Waals surface area (Å²) in [5, 5.41) is 7.86. The number of carbonyl (C=O) groups is 2. The van der Waals surface area contributed by atoms with Crippen molar-refractivity contribution in [3.05, 3.63) is 90.0 Å². The molecule has 0 fully saturated rings. The van der Waals surface area contributed by atoms with Gasteiger partial charge >= 0.3 is 5.97 Å². The lowest BCUT2D eigenvalue weighted by molar-refractivity contribution is -0.132. The second kappa shape index (κ2) is 12.6. The van der Waals surface area contributed by atoms with Gasteiger partial charge in [-0.3, -0.25) is 9.59 Å². The average molecular weight is 622 g/mol. The van der Waals surface area contributed by atoms with Gasteiger partial charge in [0.1, 0.15) is 5.69 Å². The first-order valence-corrected chi connectivity index (χ1v) is 14.3. The smallest absolute Gasteiger partial charge is 0.309 e. The molecule has 1 aromatic heterocycles. The van der Waals surface area contributed by atoms with Crippen molar-refractivity contribution in [2.24, 2.45) is 0 Å². The van der Waals surface area contributed by atoms with Crippen LogP contribution in [0.1, 0.15) is 22.8 Å². The molecule has 0 saturated heterocycles. The van der Waals surface area contributed by atoms with Crippen LogP contribution in [0.2, 0.25) is 0 Å². The fourth-order valence-corrected chi connectivity index (χ4v) is 5.14. The zero-order valence-corrected chi connectivity index (χ0v) is 25.9. The molecule has 0 spiro atoms. The molecule has 4 aromatic carbocycles. The maximum Gasteiger partial charge on any atom is 0.309 e. The highest BCUT2D eigenvalue weighted by Gasteiger charge is 2.27. The molecule has 0 aliphatic carbocycles. The molecule has 1 aliphatic rings. The Morgan fingerprint density at radius 1 is 0.804 bits per heavy atom. The van der Waals surface area contributed by atoms with E-state index in [-0.39, 0.29) is 18.6 Å². The third-order valence-electron chi connectivity index (χ3n) is 7.37. The number of amides is 1. The zero-order valence-electron chi connectivity index (χ0n) is 25.9. The van der Waals surface area contributed by atoms with Crippen molar-refractivity contribution in [1.82, 2.24) is 9.78 Å². The van der Waals surface area contributed by atoms with Crippen molar-refractivity contribution in [1.29, 1.82) is 0 Å². The van der Waals surface area contributed by atoms with Gasteiger partial charge in [-0.15, -0.1) is 0 Å². The summed E-state index contributed by atoms with van der Waals surface area (Å²) in [4.78, 5) is 25.5. The Bertz CT molecular complexity index is 1910. The first kappa shape index (κ1) is 30.1. The second-order valence-corrected chi connectivity index (χ2v) is 10.4. The molecule has 0 radical (unpaired) electrons. The van der Waals surface area contributed by atoms with Gasteiger partial charge in [-0.05, 0) is 67.1 Å². The number of benzene rings is 4. The van der Waals surface area contributed by atoms with E-state index in [1.807, 2.05) is 43.3 Å². The number of ether oxygens (including phenoxy) is 6. The van der Waals surface area contributed by atoms with Crippen molar-refractivity contribution < 1.29 is 38.0 Å². The third-order valence-corrected chi connectivity index (χ3v) is 7.37. The van der Waals surface area contributed by atoms with Crippen LogP contribution >= 0.6 is 0 Å². The summed E-state index contributed by atoms with van der Waals surface area (Å²) < 4.78 is 35.0. The Morgan fingerprint density at radius 2 is 1.48 bits per heavy atom. The van der Waals surface area contributed by atoms with Crippen LogP contribution in [0.25, 0.3) is 28.1 Å². The van der Waals surface area contributed by atoms with Crippen LogP contribution in [0.15, 0.2) is 78.9 Å². The molecule has 1 N–H and O–H groups in total. The fourth-order valence-electron chi connectivity index (χ4n) is 5.14. The first-order chi connectivity index (χ1) is 22.3. The highest BCUT2D eigenvalue weighted by Crippen LogP contribution is 2.46. The molecule has 0 bridgehead atoms. The number of hydrogen-bond acceptors (Lipinski definition) is 9. The molecule has 1 amide bonds. The number of carbonyl (C=O) groups excluding carboxylic acids is 2. The highest BCUT2D eigenvalue weighted by atomic mass is 16.7. The lowest BCUT2D eigenvalue weighted by Crippen LogP contribution is -2.11. The molecular weight excluding hydrogens is 590 g/mol. The summed E-state index contributed by atoms with van der Waals surface area (Å²) in [6.45, 7) is 3.44. The summed E-state index contributed by atoms with van der Waals surface area (Å²) in [5.74, 6) is 1.81. The normalized spacial score (nSPS) is 11.6. The maximum absolute atomic E-state index is 13.0. The van der Waals surface area contributed by atoms with E-state index in [2.05, 4.69) is 5.32 Å². The number of fused-ring (bicyclic) bond motifs is 1. The van der Waals surface area contributed by atoms with Crippen LogP contribution in [0, 0.1) is 6.92 Å². The van der Waals surface area contributed by atoms with Gasteiger partial charge in [0.05, 0.1) is 32.6 Å². The molecule has 234 valence electrons. The number of aromatic nitrogens is 2. The summed E-state index contributed by atoms with van der Waals surface area (Å²) >= 11 is 0. The maximum atomic E-state index is 13.0. The number of rotatable bonds is 9. The molecule has 0 atom stereocenters. The van der Waals surface area contributed by atoms with Crippen molar-refractivity contribution >= 4 is 17.6 Å². The molecular formula is C35H31N3O8. The van der Waals surface area contributed by atoms with Gasteiger partial charge in [-0.1, -0.05) is 29.8 Å². The quantitative estimate of drug-likeness (QED) is 0.185. The second-order valence-electron chi connectivity index (χ2n) is 10.4. The number of esters is 1. The van der Waals surface area contributed by atoms with E-state index in [0.29, 0.717) is 68.1 Å². The monoisotopic (exact) mass is 621 g/mol. The van der Waals surface area contributed by atoms with Gasteiger partial charge < -0.3 is 33.7 Å². The Kier molecular flexibility index (Phi) is 8.21. The van der Waals surface area contributed by atoms with Crippen LogP contribution in [-0.4, -0.2) is 49.8 Å². The van der Waals surface area contributed by atoms with Crippen LogP contribution < -0.4 is 33.7 Å². The summed E-state index contributed by atoms with van der Waals surface area (Å²) in [5.41, 5.74) is 5.08. The standard InChI is InChI=1S/C35H31N3O8/c1-20-6-13-26(14-7-20)38-35(46-21(2)39)31(32(37-38)24-17-29(41-3)33(43-5)30(18-24)42-4)22-8-11-25(12-9-22)36-34(40)23-10-15-27-28(16-23)45-19-44-27/h6-18H,19H2,1-5H3,(H,36,40). The van der Waals surface area contributed by atoms with Crippen molar-refractivity contribution in [2.75, 3.05) is 33.4 Å². The summed E-state index contributed by atoms with van der Waals surface area (Å²) in [7, 11) is 4.60. The predicted octanol–water partition coefficient (Wildman–Crippen LogP) is 6.45. The third kappa shape index (κ3) is 5.77. The predicted molar refractivity (Wildman–Crippen MR) is 171 cm³/mol. The van der Waals surface area contributed by atoms with Gasteiger partial charge in [0.2, 0.25) is 18.4 Å². The summed E-state index contributed by atoms with van der Waals surface area (Å²) in [6, 6.07) is 23.4. The van der Waals surface area contributed by atoms with Crippen molar-refractivity contribution in [3.63, 3.8) is 0 Å². The number of aryl methyl sites for hydroxylation is 1. The number of anilines is 1. The minimum absolute atomic E-state index is 0.121. The van der Waals surface area contributed by atoms with Crippen molar-refractivity contribution in [3.8, 4) is 62.7 Å². The topological polar surface area (TPSA) is 119 Å². The van der Waals surface area contributed by atoms with E-state index < -0.39 is 5.97 Å². The summed E-state index contributed by atoms with van der Waals surface area (Å²) in [6.07, 6.45) is 0. The molecule has 0 unspecified atom stereocenters. The van der Waals surface area contributed by atoms with Crippen LogP contribution in [0.5, 0.6) is 34.6 Å². The zero-order chi connectivity index (χ0) is 32.4. The van der Waals surface area contributed by atoms with Gasteiger partial charge in [0.25, 0.3) is 5.91 Å². The average Bonchev–Trinajstić information content (AvgIpc) is 3.69. The van der Waals surface area contributed by atoms with E-state index >= 15 is 0 Å². The number of hydrogen-bond donors (Lipinski definition) is 1. The number of nitrogens with one attached hydrogen (secondary N) is 1. The minimum atomic E-state index is -0.515. The van der Waals surface area contributed by atoms with Crippen molar-refractivity contribution in [2.45, 2.75) is 13.8 Å². The lowest BCUT2D eigenvalue weighted by atomic mass is 10.00. The SMILES string of the molecule is COc1cc(-c2nn(-c3ccc(C)cc3)c(OC(C)=O)c2-c2ccc(NC(=O)c3ccc4c(c3)OCO4)cc2)cc(OC)c1OC. The first-order valence-electron chi connectivity index (χ1n) is 14.3. The fraction of sp³-hybridized carbons (Fsp3) is 0.171. The molecule has 6 rings (SSSR count). The Morgan fingerprint density at radius 3 is 2.11 bits per heavy atom. The van der Waals surface area contributed by atoms with Gasteiger partial charge in [-0.25, -0.2) is 0 Å². The highest BCUT2D eigenvalue weighted by molar-refractivity contribution is 6.05.